The number of nitrogens with one attached hydrogen (secondary N) is 1. The number of benzene rings is 2. The predicted molar refractivity (Wildman–Crippen MR) is 150 cm³/mol. The number of hydrogen-bond acceptors (Lipinski definition) is 6. The average molecular weight is 535 g/mol. The zero-order valence-corrected chi connectivity index (χ0v) is 23.2. The van der Waals surface area contributed by atoms with Crippen molar-refractivity contribution in [3.05, 3.63) is 72.8 Å². The second kappa shape index (κ2) is 11.2. The first-order valence-corrected chi connectivity index (χ1v) is 14.5. The molecule has 2 amide bonds. The molecular formula is C28H34N4O5Si. The zero-order chi connectivity index (χ0) is 27.3. The standard InChI is InChI=1S/C28H34N4O5Si/c1-28(2,3)38(21-12-7-5-8-13-21,22-14-9-6-10-15-22)37-32(27(34)35)19-11-18-31(4)24-17-16-23-26(29-24)30-25(33)20-36-23/h5-10,12-17H,11,18-20H2,1-4H3,(H,34,35)(H,29,30,33). The molecule has 38 heavy (non-hydrogen) atoms. The Morgan fingerprint density at radius 3 is 2.18 bits per heavy atom. The van der Waals surface area contributed by atoms with Crippen LogP contribution in [0.3, 0.4) is 0 Å². The molecule has 1 aliphatic rings. The monoisotopic (exact) mass is 534 g/mol. The normalized spacial score (nSPS) is 13.2. The number of anilines is 2. The smallest absolute Gasteiger partial charge is 0.430 e. The number of carboxylic acid groups (broad SMARTS) is 1. The van der Waals surface area contributed by atoms with Crippen LogP contribution >= 0.6 is 0 Å². The quantitative estimate of drug-likeness (QED) is 0.319. The Kier molecular flexibility index (Phi) is 8.03. The maximum atomic E-state index is 12.4. The highest BCUT2D eigenvalue weighted by Crippen LogP contribution is 2.37. The predicted octanol–water partition coefficient (Wildman–Crippen LogP) is 3.71. The van der Waals surface area contributed by atoms with Gasteiger partial charge in [0.2, 0.25) is 0 Å². The van der Waals surface area contributed by atoms with Gasteiger partial charge in [-0.3, -0.25) is 4.79 Å². The van der Waals surface area contributed by atoms with Gasteiger partial charge < -0.3 is 24.6 Å². The molecule has 0 spiro atoms. The third-order valence-corrected chi connectivity index (χ3v) is 11.5. The van der Waals surface area contributed by atoms with Crippen LogP contribution in [0.1, 0.15) is 27.2 Å². The Hall–Kier alpha value is -3.89. The average Bonchev–Trinajstić information content (AvgIpc) is 2.90. The van der Waals surface area contributed by atoms with Gasteiger partial charge >= 0.3 is 6.09 Å². The molecule has 1 aliphatic heterocycles. The number of hydrogen-bond donors (Lipinski definition) is 2. The molecule has 2 aromatic carbocycles. The van der Waals surface area contributed by atoms with Gasteiger partial charge in [-0.1, -0.05) is 81.4 Å². The summed E-state index contributed by atoms with van der Waals surface area (Å²) in [6, 6.07) is 23.5. The third-order valence-electron chi connectivity index (χ3n) is 6.58. The highest BCUT2D eigenvalue weighted by molar-refractivity contribution is 6.99. The van der Waals surface area contributed by atoms with Crippen molar-refractivity contribution in [1.29, 1.82) is 0 Å². The molecule has 0 saturated heterocycles. The van der Waals surface area contributed by atoms with Crippen LogP contribution in [0, 0.1) is 0 Å². The summed E-state index contributed by atoms with van der Waals surface area (Å²) < 4.78 is 12.1. The second-order valence-electron chi connectivity index (χ2n) is 10.3. The summed E-state index contributed by atoms with van der Waals surface area (Å²) in [6.45, 7) is 7.00. The molecular weight excluding hydrogens is 500 g/mol. The first-order chi connectivity index (χ1) is 18.1. The minimum Gasteiger partial charge on any atom is -0.480 e. The maximum absolute atomic E-state index is 12.4. The van der Waals surface area contributed by atoms with Crippen molar-refractivity contribution in [2.75, 3.05) is 37.0 Å². The molecule has 4 rings (SSSR count). The molecule has 9 nitrogen and oxygen atoms in total. The molecule has 0 aliphatic carbocycles. The van der Waals surface area contributed by atoms with Crippen LogP contribution in [-0.4, -0.2) is 62.2 Å². The SMILES string of the molecule is CN(CCCN(O[Si](c1ccccc1)(c1ccccc1)C(C)(C)C)C(=O)O)c1ccc2c(n1)NC(=O)CO2. The van der Waals surface area contributed by atoms with E-state index in [-0.39, 0.29) is 24.1 Å². The van der Waals surface area contributed by atoms with Crippen molar-refractivity contribution in [3.63, 3.8) is 0 Å². The summed E-state index contributed by atoms with van der Waals surface area (Å²) in [5.41, 5.74) is 0. The molecule has 0 bridgehead atoms. The van der Waals surface area contributed by atoms with Crippen LogP contribution < -0.4 is 25.3 Å². The minimum atomic E-state index is -3.07. The van der Waals surface area contributed by atoms with Gasteiger partial charge in [0.1, 0.15) is 5.82 Å². The summed E-state index contributed by atoms with van der Waals surface area (Å²) in [6.07, 6.45) is -0.629. The minimum absolute atomic E-state index is 0.0276. The molecule has 0 atom stereocenters. The molecule has 2 N–H and O–H groups in total. The van der Waals surface area contributed by atoms with Crippen LogP contribution in [0.5, 0.6) is 5.75 Å². The summed E-state index contributed by atoms with van der Waals surface area (Å²) in [5.74, 6) is 1.30. The number of fused-ring (bicyclic) bond motifs is 1. The van der Waals surface area contributed by atoms with Gasteiger partial charge in [0.05, 0.1) is 6.54 Å². The topological polar surface area (TPSA) is 104 Å². The fourth-order valence-electron chi connectivity index (χ4n) is 4.70. The van der Waals surface area contributed by atoms with Crippen LogP contribution in [0.4, 0.5) is 16.4 Å². The van der Waals surface area contributed by atoms with Crippen molar-refractivity contribution in [2.45, 2.75) is 32.2 Å². The highest BCUT2D eigenvalue weighted by Gasteiger charge is 2.53. The number of nitrogens with zero attached hydrogens (tertiary/aromatic N) is 3. The molecule has 0 saturated carbocycles. The van der Waals surface area contributed by atoms with Gasteiger partial charge in [0.15, 0.2) is 18.2 Å². The molecule has 0 fully saturated rings. The highest BCUT2D eigenvalue weighted by atomic mass is 28.4. The number of carbonyl (C=O) groups is 2. The lowest BCUT2D eigenvalue weighted by Crippen LogP contribution is -2.69. The van der Waals surface area contributed by atoms with E-state index in [9.17, 15) is 14.7 Å². The van der Waals surface area contributed by atoms with Crippen LogP contribution in [0.2, 0.25) is 5.04 Å². The number of aromatic nitrogens is 1. The lowest BCUT2D eigenvalue weighted by atomic mass is 10.2. The fraction of sp³-hybridized carbons (Fsp3) is 0.321. The third kappa shape index (κ3) is 5.66. The maximum Gasteiger partial charge on any atom is 0.430 e. The Morgan fingerprint density at radius 1 is 1.03 bits per heavy atom. The van der Waals surface area contributed by atoms with E-state index in [0.717, 1.165) is 15.4 Å². The Labute approximate surface area is 224 Å². The number of pyridine rings is 1. The van der Waals surface area contributed by atoms with Crippen molar-refractivity contribution in [2.24, 2.45) is 0 Å². The summed E-state index contributed by atoms with van der Waals surface area (Å²) in [7, 11) is -1.20. The van der Waals surface area contributed by atoms with Gasteiger partial charge in [-0.15, -0.1) is 0 Å². The summed E-state index contributed by atoms with van der Waals surface area (Å²) in [4.78, 5) is 30.5. The number of rotatable bonds is 9. The first-order valence-electron chi connectivity index (χ1n) is 12.6. The van der Waals surface area contributed by atoms with Gasteiger partial charge in [-0.25, -0.2) is 9.78 Å². The van der Waals surface area contributed by atoms with E-state index in [1.807, 2.05) is 78.7 Å². The summed E-state index contributed by atoms with van der Waals surface area (Å²) >= 11 is 0. The van der Waals surface area contributed by atoms with Gasteiger partial charge in [-0.2, -0.15) is 5.06 Å². The molecule has 10 heteroatoms. The molecule has 2 heterocycles. The lowest BCUT2D eigenvalue weighted by Gasteiger charge is -2.44. The molecule has 3 aromatic rings. The van der Waals surface area contributed by atoms with E-state index in [2.05, 4.69) is 31.1 Å². The van der Waals surface area contributed by atoms with Crippen molar-refractivity contribution >= 4 is 42.3 Å². The second-order valence-corrected chi connectivity index (χ2v) is 14.5. The molecule has 1 aromatic heterocycles. The van der Waals surface area contributed by atoms with E-state index in [0.29, 0.717) is 30.4 Å². The summed E-state index contributed by atoms with van der Waals surface area (Å²) in [5, 5.41) is 15.6. The fourth-order valence-corrected chi connectivity index (χ4v) is 9.07. The van der Waals surface area contributed by atoms with Crippen molar-refractivity contribution in [3.8, 4) is 5.75 Å². The van der Waals surface area contributed by atoms with E-state index >= 15 is 0 Å². The van der Waals surface area contributed by atoms with E-state index in [4.69, 9.17) is 9.26 Å². The van der Waals surface area contributed by atoms with E-state index < -0.39 is 14.4 Å². The van der Waals surface area contributed by atoms with Crippen molar-refractivity contribution < 1.29 is 24.0 Å². The van der Waals surface area contributed by atoms with Crippen molar-refractivity contribution in [1.82, 2.24) is 10.0 Å². The van der Waals surface area contributed by atoms with E-state index in [1.165, 1.54) is 0 Å². The Bertz CT molecular complexity index is 1230. The van der Waals surface area contributed by atoms with Gasteiger partial charge in [0.25, 0.3) is 14.2 Å². The van der Waals surface area contributed by atoms with Gasteiger partial charge in [-0.05, 0) is 34.0 Å². The molecule has 200 valence electrons. The number of amides is 2. The lowest BCUT2D eigenvalue weighted by molar-refractivity contribution is -0.118. The number of carbonyl (C=O) groups excluding carboxylic acids is 1. The van der Waals surface area contributed by atoms with Crippen LogP contribution in [-0.2, 0) is 9.32 Å². The zero-order valence-electron chi connectivity index (χ0n) is 22.2. The number of ether oxygens (including phenoxy) is 1. The molecule has 0 unspecified atom stereocenters. The van der Waals surface area contributed by atoms with Crippen LogP contribution in [0.25, 0.3) is 0 Å². The Morgan fingerprint density at radius 2 is 1.63 bits per heavy atom. The molecule has 0 radical (unpaired) electrons. The van der Waals surface area contributed by atoms with Crippen LogP contribution in [0.15, 0.2) is 72.8 Å². The van der Waals surface area contributed by atoms with E-state index in [1.54, 1.807) is 6.07 Å². The largest absolute Gasteiger partial charge is 0.480 e. The van der Waals surface area contributed by atoms with Gasteiger partial charge in [0, 0.05) is 13.6 Å². The number of hydroxylamine groups is 2. The first kappa shape index (κ1) is 27.1. The Balaban J connectivity index is 1.55.